The number of methoxy groups -OCH3 is 1. The van der Waals surface area contributed by atoms with Gasteiger partial charge in [0.25, 0.3) is 0 Å². The molecule has 188 valence electrons. The molecule has 3 aromatic rings. The van der Waals surface area contributed by atoms with Crippen LogP contribution in [0.3, 0.4) is 0 Å². The topological polar surface area (TPSA) is 90.7 Å². The van der Waals surface area contributed by atoms with Crippen molar-refractivity contribution >= 4 is 26.8 Å². The Bertz CT molecular complexity index is 1320. The van der Waals surface area contributed by atoms with Crippen molar-refractivity contribution in [2.24, 2.45) is 0 Å². The van der Waals surface area contributed by atoms with Gasteiger partial charge in [0.1, 0.15) is 5.60 Å². The van der Waals surface area contributed by atoms with Gasteiger partial charge in [0.2, 0.25) is 0 Å². The molecule has 0 unspecified atom stereocenters. The standard InChI is InChI=1S/C26H33N3O5S/c1-25(2,3)34-24(30)28-14-11-26(33-4,12-15-28)20-6-7-21(27-17-20)18-29-13-10-19-16-22(35(5,31)32)8-9-23(19)29/h6-10,13,16-17H,11-12,14-15,18H2,1-5H3. The highest BCUT2D eigenvalue weighted by molar-refractivity contribution is 7.90. The number of carbonyl (C=O) groups excluding carboxylic acids is 1. The average molecular weight is 500 g/mol. The molecule has 3 heterocycles. The van der Waals surface area contributed by atoms with Gasteiger partial charge in [-0.3, -0.25) is 4.98 Å². The number of aromatic nitrogens is 2. The van der Waals surface area contributed by atoms with Crippen LogP contribution in [-0.2, 0) is 31.5 Å². The Kier molecular flexibility index (Phi) is 6.68. The zero-order chi connectivity index (χ0) is 25.4. The number of amides is 1. The molecule has 2 aromatic heterocycles. The van der Waals surface area contributed by atoms with Gasteiger partial charge in [-0.2, -0.15) is 0 Å². The molecule has 1 fully saturated rings. The third kappa shape index (κ3) is 5.51. The van der Waals surface area contributed by atoms with Crippen molar-refractivity contribution in [1.82, 2.24) is 14.5 Å². The van der Waals surface area contributed by atoms with Crippen LogP contribution in [0.25, 0.3) is 10.9 Å². The number of hydrogen-bond donors (Lipinski definition) is 0. The fraction of sp³-hybridized carbons (Fsp3) is 0.462. The second kappa shape index (κ2) is 9.28. The van der Waals surface area contributed by atoms with E-state index in [-0.39, 0.29) is 6.09 Å². The molecule has 0 aliphatic carbocycles. The van der Waals surface area contributed by atoms with Crippen molar-refractivity contribution in [3.05, 3.63) is 60.0 Å². The lowest BCUT2D eigenvalue weighted by atomic mass is 9.85. The Morgan fingerprint density at radius 3 is 2.40 bits per heavy atom. The minimum atomic E-state index is -3.25. The first-order valence-corrected chi connectivity index (χ1v) is 13.6. The number of piperidine rings is 1. The summed E-state index contributed by atoms with van der Waals surface area (Å²) in [5, 5.41) is 0.875. The van der Waals surface area contributed by atoms with Gasteiger partial charge in [0, 0.05) is 55.3 Å². The van der Waals surface area contributed by atoms with E-state index >= 15 is 0 Å². The highest BCUT2D eigenvalue weighted by Gasteiger charge is 2.39. The molecule has 0 N–H and O–H groups in total. The molecule has 1 aromatic carbocycles. The molecule has 4 rings (SSSR count). The van der Waals surface area contributed by atoms with Gasteiger partial charge in [-0.05, 0) is 63.9 Å². The predicted molar refractivity (Wildman–Crippen MR) is 134 cm³/mol. The van der Waals surface area contributed by atoms with Crippen molar-refractivity contribution in [3.63, 3.8) is 0 Å². The highest BCUT2D eigenvalue weighted by atomic mass is 32.2. The van der Waals surface area contributed by atoms with E-state index in [1.165, 1.54) is 6.26 Å². The lowest BCUT2D eigenvalue weighted by Gasteiger charge is -2.41. The maximum absolute atomic E-state index is 12.4. The molecular formula is C26H33N3O5S. The summed E-state index contributed by atoms with van der Waals surface area (Å²) < 4.78 is 37.2. The first-order chi connectivity index (χ1) is 16.4. The third-order valence-electron chi connectivity index (χ3n) is 6.47. The summed E-state index contributed by atoms with van der Waals surface area (Å²) in [7, 11) is -1.54. The summed E-state index contributed by atoms with van der Waals surface area (Å²) in [6.07, 6.45) is 6.04. The fourth-order valence-corrected chi connectivity index (χ4v) is 5.15. The quantitative estimate of drug-likeness (QED) is 0.518. The van der Waals surface area contributed by atoms with E-state index in [0.717, 1.165) is 22.2 Å². The van der Waals surface area contributed by atoms with E-state index < -0.39 is 21.0 Å². The third-order valence-corrected chi connectivity index (χ3v) is 7.58. The van der Waals surface area contributed by atoms with Crippen LogP contribution in [-0.4, -0.2) is 61.0 Å². The van der Waals surface area contributed by atoms with Crippen molar-refractivity contribution in [2.45, 2.75) is 56.3 Å². The normalized spacial score (nSPS) is 16.4. The van der Waals surface area contributed by atoms with Crippen molar-refractivity contribution in [1.29, 1.82) is 0 Å². The Morgan fingerprint density at radius 1 is 1.11 bits per heavy atom. The second-order valence-corrected chi connectivity index (χ2v) is 12.2. The minimum Gasteiger partial charge on any atom is -0.444 e. The zero-order valence-corrected chi connectivity index (χ0v) is 21.8. The first-order valence-electron chi connectivity index (χ1n) is 11.7. The van der Waals surface area contributed by atoms with Crippen LogP contribution in [0.5, 0.6) is 0 Å². The molecule has 9 heteroatoms. The Labute approximate surface area is 206 Å². The summed E-state index contributed by atoms with van der Waals surface area (Å²) >= 11 is 0. The SMILES string of the molecule is COC1(c2ccc(Cn3ccc4cc(S(C)(=O)=O)ccc43)nc2)CCN(C(=O)OC(C)(C)C)CC1. The van der Waals surface area contributed by atoms with Crippen LogP contribution in [0.15, 0.2) is 53.7 Å². The lowest BCUT2D eigenvalue weighted by Crippen LogP contribution is -2.47. The van der Waals surface area contributed by atoms with E-state index in [0.29, 0.717) is 37.4 Å². The van der Waals surface area contributed by atoms with E-state index in [9.17, 15) is 13.2 Å². The Balaban J connectivity index is 1.46. The number of rotatable bonds is 5. The van der Waals surface area contributed by atoms with E-state index in [1.54, 1.807) is 24.1 Å². The van der Waals surface area contributed by atoms with Gasteiger partial charge >= 0.3 is 6.09 Å². The number of fused-ring (bicyclic) bond motifs is 1. The lowest BCUT2D eigenvalue weighted by molar-refractivity contribution is -0.0652. The maximum atomic E-state index is 12.4. The number of hydrogen-bond acceptors (Lipinski definition) is 6. The van der Waals surface area contributed by atoms with Crippen molar-refractivity contribution in [2.75, 3.05) is 26.5 Å². The molecule has 0 bridgehead atoms. The fourth-order valence-electron chi connectivity index (χ4n) is 4.50. The van der Waals surface area contributed by atoms with E-state index in [1.807, 2.05) is 57.4 Å². The van der Waals surface area contributed by atoms with Crippen molar-refractivity contribution < 1.29 is 22.7 Å². The highest BCUT2D eigenvalue weighted by Crippen LogP contribution is 2.36. The second-order valence-electron chi connectivity index (χ2n) is 10.1. The number of pyridine rings is 1. The molecule has 1 saturated heterocycles. The number of sulfone groups is 1. The summed E-state index contributed by atoms with van der Waals surface area (Å²) in [4.78, 5) is 19.2. The molecule has 0 saturated carbocycles. The summed E-state index contributed by atoms with van der Waals surface area (Å²) in [6.45, 7) is 7.26. The molecule has 1 aliphatic heterocycles. The van der Waals surface area contributed by atoms with Crippen molar-refractivity contribution in [3.8, 4) is 0 Å². The first kappa shape index (κ1) is 25.2. The molecule has 0 atom stereocenters. The summed E-state index contributed by atoms with van der Waals surface area (Å²) in [5.41, 5.74) is 1.81. The molecule has 1 amide bonds. The number of carbonyl (C=O) groups is 1. The number of benzene rings is 1. The predicted octanol–water partition coefficient (Wildman–Crippen LogP) is 4.36. The van der Waals surface area contributed by atoms with Crippen LogP contribution in [0.1, 0.15) is 44.9 Å². The smallest absolute Gasteiger partial charge is 0.410 e. The van der Waals surface area contributed by atoms with Crippen LogP contribution in [0.2, 0.25) is 0 Å². The molecule has 0 radical (unpaired) electrons. The van der Waals surface area contributed by atoms with Crippen LogP contribution in [0.4, 0.5) is 4.79 Å². The minimum absolute atomic E-state index is 0.293. The van der Waals surface area contributed by atoms with Gasteiger partial charge in [-0.25, -0.2) is 13.2 Å². The monoisotopic (exact) mass is 499 g/mol. The Morgan fingerprint density at radius 2 is 1.83 bits per heavy atom. The number of ether oxygens (including phenoxy) is 2. The number of nitrogens with zero attached hydrogens (tertiary/aromatic N) is 3. The van der Waals surface area contributed by atoms with E-state index in [2.05, 4.69) is 9.55 Å². The zero-order valence-electron chi connectivity index (χ0n) is 20.9. The van der Waals surface area contributed by atoms with Crippen LogP contribution in [0, 0.1) is 0 Å². The summed E-state index contributed by atoms with van der Waals surface area (Å²) in [5.74, 6) is 0. The van der Waals surface area contributed by atoms with Crippen LogP contribution < -0.4 is 0 Å². The van der Waals surface area contributed by atoms with Gasteiger partial charge in [0.05, 0.1) is 22.7 Å². The Hall–Kier alpha value is -2.91. The van der Waals surface area contributed by atoms with Gasteiger partial charge in [0.15, 0.2) is 9.84 Å². The summed E-state index contributed by atoms with van der Waals surface area (Å²) in [6, 6.07) is 11.1. The molecule has 1 aliphatic rings. The molecule has 35 heavy (non-hydrogen) atoms. The average Bonchev–Trinajstić information content (AvgIpc) is 3.20. The molecule has 0 spiro atoms. The number of likely N-dealkylation sites (tertiary alicyclic amines) is 1. The molecule has 8 nitrogen and oxygen atoms in total. The largest absolute Gasteiger partial charge is 0.444 e. The van der Waals surface area contributed by atoms with Crippen LogP contribution >= 0.6 is 0 Å². The van der Waals surface area contributed by atoms with E-state index in [4.69, 9.17) is 9.47 Å². The van der Waals surface area contributed by atoms with Gasteiger partial charge in [-0.15, -0.1) is 0 Å². The van der Waals surface area contributed by atoms with Gasteiger partial charge in [-0.1, -0.05) is 6.07 Å². The maximum Gasteiger partial charge on any atom is 0.410 e. The molecular weight excluding hydrogens is 466 g/mol. The van der Waals surface area contributed by atoms with Gasteiger partial charge < -0.3 is 18.9 Å².